The third-order valence-electron chi connectivity index (χ3n) is 4.26. The van der Waals surface area contributed by atoms with E-state index in [2.05, 4.69) is 15.6 Å². The Morgan fingerprint density at radius 3 is 2.13 bits per heavy atom. The van der Waals surface area contributed by atoms with Gasteiger partial charge in [-0.1, -0.05) is 0 Å². The van der Waals surface area contributed by atoms with Crippen molar-refractivity contribution in [1.29, 1.82) is 0 Å². The van der Waals surface area contributed by atoms with E-state index in [0.717, 1.165) is 11.3 Å². The fourth-order valence-electron chi connectivity index (χ4n) is 2.92. The number of guanidine groups is 1. The Morgan fingerprint density at radius 2 is 1.53 bits per heavy atom. The smallest absolute Gasteiger partial charge is 0.203 e. The van der Waals surface area contributed by atoms with Crippen molar-refractivity contribution in [3.63, 3.8) is 0 Å². The van der Waals surface area contributed by atoms with E-state index < -0.39 is 0 Å². The Morgan fingerprint density at radius 1 is 0.833 bits per heavy atom. The van der Waals surface area contributed by atoms with Gasteiger partial charge in [0.25, 0.3) is 0 Å². The van der Waals surface area contributed by atoms with Crippen LogP contribution in [0.2, 0.25) is 0 Å². The molecule has 0 atom stereocenters. The van der Waals surface area contributed by atoms with E-state index in [1.807, 2.05) is 44.2 Å². The molecule has 0 saturated heterocycles. The lowest BCUT2D eigenvalue weighted by atomic mass is 10.1. The van der Waals surface area contributed by atoms with Gasteiger partial charge in [0.15, 0.2) is 29.0 Å². The highest BCUT2D eigenvalue weighted by molar-refractivity contribution is 5.94. The summed E-state index contributed by atoms with van der Waals surface area (Å²) in [7, 11) is 6.39. The van der Waals surface area contributed by atoms with Crippen LogP contribution in [-0.4, -0.2) is 47.6 Å². The van der Waals surface area contributed by atoms with E-state index in [1.54, 1.807) is 28.4 Å². The Hall–Kier alpha value is -3.29. The molecule has 0 aromatic heterocycles. The van der Waals surface area contributed by atoms with Crippen molar-refractivity contribution >= 4 is 11.6 Å². The summed E-state index contributed by atoms with van der Waals surface area (Å²) in [6.07, 6.45) is 0. The van der Waals surface area contributed by atoms with Crippen LogP contribution in [0.5, 0.6) is 28.7 Å². The Balaban J connectivity index is 2.27. The number of hydrogen-bond acceptors (Lipinski definition) is 6. The molecule has 2 N–H and O–H groups in total. The number of methoxy groups -OCH3 is 4. The molecule has 8 heteroatoms. The Labute approximate surface area is 178 Å². The zero-order valence-electron chi connectivity index (χ0n) is 18.5. The minimum absolute atomic E-state index is 0.382. The number of ether oxygens (including phenoxy) is 5. The van der Waals surface area contributed by atoms with Crippen molar-refractivity contribution in [2.75, 3.05) is 46.9 Å². The van der Waals surface area contributed by atoms with Crippen LogP contribution in [-0.2, 0) is 6.54 Å². The maximum atomic E-state index is 5.57. The van der Waals surface area contributed by atoms with Gasteiger partial charge in [0.2, 0.25) is 5.75 Å². The summed E-state index contributed by atoms with van der Waals surface area (Å²) in [4.78, 5) is 4.68. The predicted molar refractivity (Wildman–Crippen MR) is 119 cm³/mol. The summed E-state index contributed by atoms with van der Waals surface area (Å²) in [6, 6.07) is 9.40. The molecule has 0 unspecified atom stereocenters. The summed E-state index contributed by atoms with van der Waals surface area (Å²) >= 11 is 0. The molecule has 0 amide bonds. The molecule has 2 aromatic carbocycles. The van der Waals surface area contributed by atoms with Crippen molar-refractivity contribution in [3.8, 4) is 28.7 Å². The van der Waals surface area contributed by atoms with Gasteiger partial charge in [-0.25, -0.2) is 4.99 Å². The highest BCUT2D eigenvalue weighted by Crippen LogP contribution is 2.40. The molecule has 0 bridgehead atoms. The topological polar surface area (TPSA) is 82.6 Å². The highest BCUT2D eigenvalue weighted by atomic mass is 16.5. The monoisotopic (exact) mass is 417 g/mol. The summed E-state index contributed by atoms with van der Waals surface area (Å²) < 4.78 is 27.3. The van der Waals surface area contributed by atoms with Crippen LogP contribution in [0, 0.1) is 0 Å². The van der Waals surface area contributed by atoms with E-state index in [4.69, 9.17) is 23.7 Å². The van der Waals surface area contributed by atoms with E-state index in [9.17, 15) is 0 Å². The molecule has 0 aliphatic carbocycles. The lowest BCUT2D eigenvalue weighted by molar-refractivity contribution is 0.311. The van der Waals surface area contributed by atoms with Crippen LogP contribution in [0.15, 0.2) is 35.3 Å². The third kappa shape index (κ3) is 5.62. The van der Waals surface area contributed by atoms with Gasteiger partial charge in [0.1, 0.15) is 0 Å². The molecule has 8 nitrogen and oxygen atoms in total. The molecule has 0 saturated carbocycles. The van der Waals surface area contributed by atoms with Crippen molar-refractivity contribution in [2.45, 2.75) is 20.4 Å². The molecule has 0 aliphatic rings. The number of benzene rings is 2. The van der Waals surface area contributed by atoms with Crippen molar-refractivity contribution in [2.24, 2.45) is 4.99 Å². The quantitative estimate of drug-likeness (QED) is 0.451. The average Bonchev–Trinajstić information content (AvgIpc) is 2.77. The molecule has 0 fully saturated rings. The maximum absolute atomic E-state index is 5.57. The van der Waals surface area contributed by atoms with Crippen LogP contribution in [0.25, 0.3) is 0 Å². The Bertz CT molecular complexity index is 855. The minimum Gasteiger partial charge on any atom is -0.493 e. The second-order valence-corrected chi connectivity index (χ2v) is 6.11. The summed E-state index contributed by atoms with van der Waals surface area (Å²) in [5.41, 5.74) is 1.70. The van der Waals surface area contributed by atoms with Crippen LogP contribution in [0.1, 0.15) is 19.4 Å². The van der Waals surface area contributed by atoms with E-state index in [1.165, 1.54) is 0 Å². The standard InChI is InChI=1S/C22H31N3O5/c1-7-23-22(25-16-10-12-17(30-8-2)19(13-16)27-4)24-14-15-9-11-18(26-3)21(29-6)20(15)28-5/h9-13H,7-8,14H2,1-6H3,(H2,23,24,25). The molecule has 0 heterocycles. The highest BCUT2D eigenvalue weighted by Gasteiger charge is 2.15. The fraction of sp³-hybridized carbons (Fsp3) is 0.409. The second-order valence-electron chi connectivity index (χ2n) is 6.11. The molecule has 0 aliphatic heterocycles. The Kier molecular flexibility index (Phi) is 8.93. The first-order valence-electron chi connectivity index (χ1n) is 9.75. The fourth-order valence-corrected chi connectivity index (χ4v) is 2.92. The molecular weight excluding hydrogens is 386 g/mol. The van der Waals surface area contributed by atoms with Gasteiger partial charge in [-0.15, -0.1) is 0 Å². The van der Waals surface area contributed by atoms with Crippen molar-refractivity contribution in [1.82, 2.24) is 5.32 Å². The summed E-state index contributed by atoms with van der Waals surface area (Å²) in [5, 5.41) is 6.53. The van der Waals surface area contributed by atoms with Crippen molar-refractivity contribution in [3.05, 3.63) is 35.9 Å². The van der Waals surface area contributed by atoms with Gasteiger partial charge < -0.3 is 34.3 Å². The molecular formula is C22H31N3O5. The molecule has 2 rings (SSSR count). The summed E-state index contributed by atoms with van der Waals surface area (Å²) in [5.74, 6) is 3.72. The number of rotatable bonds is 10. The first kappa shape index (κ1) is 23.0. The van der Waals surface area contributed by atoms with Crippen LogP contribution in [0.4, 0.5) is 5.69 Å². The van der Waals surface area contributed by atoms with Gasteiger partial charge >= 0.3 is 0 Å². The first-order valence-corrected chi connectivity index (χ1v) is 9.75. The SMILES string of the molecule is CCNC(=NCc1ccc(OC)c(OC)c1OC)Nc1ccc(OCC)c(OC)c1. The van der Waals surface area contributed by atoms with Crippen LogP contribution in [0.3, 0.4) is 0 Å². The average molecular weight is 418 g/mol. The normalized spacial score (nSPS) is 10.9. The van der Waals surface area contributed by atoms with Gasteiger partial charge in [0.05, 0.1) is 41.6 Å². The molecule has 0 radical (unpaired) electrons. The van der Waals surface area contributed by atoms with Crippen LogP contribution >= 0.6 is 0 Å². The van der Waals surface area contributed by atoms with E-state index in [-0.39, 0.29) is 0 Å². The van der Waals surface area contributed by atoms with Gasteiger partial charge in [-0.05, 0) is 38.1 Å². The summed E-state index contributed by atoms with van der Waals surface area (Å²) in [6.45, 7) is 5.60. The number of aliphatic imine (C=N–C) groups is 1. The molecule has 0 spiro atoms. The molecule has 164 valence electrons. The van der Waals surface area contributed by atoms with E-state index in [0.29, 0.717) is 54.4 Å². The lowest BCUT2D eigenvalue weighted by Crippen LogP contribution is -2.30. The van der Waals surface area contributed by atoms with Crippen molar-refractivity contribution < 1.29 is 23.7 Å². The maximum Gasteiger partial charge on any atom is 0.203 e. The zero-order chi connectivity index (χ0) is 21.9. The number of nitrogens with one attached hydrogen (secondary N) is 2. The number of nitrogens with zero attached hydrogens (tertiary/aromatic N) is 1. The van der Waals surface area contributed by atoms with Gasteiger partial charge in [0, 0.05) is 23.9 Å². The van der Waals surface area contributed by atoms with Gasteiger partial charge in [-0.3, -0.25) is 0 Å². The largest absolute Gasteiger partial charge is 0.493 e. The van der Waals surface area contributed by atoms with E-state index >= 15 is 0 Å². The lowest BCUT2D eigenvalue weighted by Gasteiger charge is -2.16. The van der Waals surface area contributed by atoms with Crippen LogP contribution < -0.4 is 34.3 Å². The number of anilines is 1. The second kappa shape index (κ2) is 11.6. The minimum atomic E-state index is 0.382. The first-order chi connectivity index (χ1) is 14.6. The third-order valence-corrected chi connectivity index (χ3v) is 4.26. The molecule has 30 heavy (non-hydrogen) atoms. The number of hydrogen-bond donors (Lipinski definition) is 2. The van der Waals surface area contributed by atoms with Gasteiger partial charge in [-0.2, -0.15) is 0 Å². The predicted octanol–water partition coefficient (Wildman–Crippen LogP) is 3.70. The molecule has 2 aromatic rings. The zero-order valence-corrected chi connectivity index (χ0v) is 18.5.